The van der Waals surface area contributed by atoms with Crippen molar-refractivity contribution in [1.29, 1.82) is 0 Å². The minimum atomic E-state index is -4.40. The van der Waals surface area contributed by atoms with E-state index in [-0.39, 0.29) is 11.3 Å². The molecular formula is C20H13F3O. The van der Waals surface area contributed by atoms with E-state index in [4.69, 9.17) is 0 Å². The second-order valence-corrected chi connectivity index (χ2v) is 5.38. The van der Waals surface area contributed by atoms with Gasteiger partial charge in [0, 0.05) is 5.56 Å². The van der Waals surface area contributed by atoms with Crippen LogP contribution in [0, 0.1) is 0 Å². The van der Waals surface area contributed by atoms with Gasteiger partial charge < -0.3 is 0 Å². The van der Waals surface area contributed by atoms with Gasteiger partial charge in [-0.05, 0) is 40.6 Å². The zero-order chi connectivity index (χ0) is 17.2. The number of fused-ring (bicyclic) bond motifs is 1. The maximum absolute atomic E-state index is 12.5. The maximum atomic E-state index is 12.5. The first-order chi connectivity index (χ1) is 11.4. The monoisotopic (exact) mass is 326 g/mol. The normalized spacial score (nSPS) is 12.0. The van der Waals surface area contributed by atoms with E-state index in [2.05, 4.69) is 0 Å². The van der Waals surface area contributed by atoms with Crippen LogP contribution >= 0.6 is 0 Å². The van der Waals surface area contributed by atoms with E-state index in [1.54, 1.807) is 6.08 Å². The van der Waals surface area contributed by atoms with Crippen LogP contribution in [-0.2, 0) is 6.18 Å². The molecule has 0 atom stereocenters. The first-order valence-electron chi connectivity index (χ1n) is 7.32. The average Bonchev–Trinajstić information content (AvgIpc) is 2.59. The first-order valence-corrected chi connectivity index (χ1v) is 7.32. The molecule has 0 radical (unpaired) electrons. The van der Waals surface area contributed by atoms with Gasteiger partial charge in [0.15, 0.2) is 5.78 Å². The number of hydrogen-bond acceptors (Lipinski definition) is 1. The van der Waals surface area contributed by atoms with Gasteiger partial charge in [-0.1, -0.05) is 54.6 Å². The molecule has 120 valence electrons. The van der Waals surface area contributed by atoms with Gasteiger partial charge in [-0.2, -0.15) is 13.2 Å². The summed E-state index contributed by atoms with van der Waals surface area (Å²) in [5.41, 5.74) is 0.312. The smallest absolute Gasteiger partial charge is 0.289 e. The highest BCUT2D eigenvalue weighted by Crippen LogP contribution is 2.29. The van der Waals surface area contributed by atoms with Gasteiger partial charge in [-0.15, -0.1) is 0 Å². The fourth-order valence-electron chi connectivity index (χ4n) is 2.40. The summed E-state index contributed by atoms with van der Waals surface area (Å²) >= 11 is 0. The van der Waals surface area contributed by atoms with Crippen LogP contribution in [0.2, 0.25) is 0 Å². The molecular weight excluding hydrogens is 313 g/mol. The molecule has 3 aromatic carbocycles. The van der Waals surface area contributed by atoms with Crippen molar-refractivity contribution in [2.24, 2.45) is 0 Å². The molecule has 0 spiro atoms. The molecule has 1 nitrogen and oxygen atoms in total. The number of benzene rings is 3. The van der Waals surface area contributed by atoms with Crippen molar-refractivity contribution in [2.75, 3.05) is 0 Å². The van der Waals surface area contributed by atoms with Gasteiger partial charge in [0.25, 0.3) is 0 Å². The summed E-state index contributed by atoms with van der Waals surface area (Å²) < 4.78 is 37.6. The molecule has 24 heavy (non-hydrogen) atoms. The Bertz CT molecular complexity index is 906. The third kappa shape index (κ3) is 3.54. The Balaban J connectivity index is 1.79. The van der Waals surface area contributed by atoms with Crippen LogP contribution in [0.3, 0.4) is 0 Å². The largest absolute Gasteiger partial charge is 0.416 e. The number of hydrogen-bond donors (Lipinski definition) is 0. The fourth-order valence-corrected chi connectivity index (χ4v) is 2.40. The molecule has 0 saturated heterocycles. The van der Waals surface area contributed by atoms with Crippen molar-refractivity contribution in [1.82, 2.24) is 0 Å². The van der Waals surface area contributed by atoms with Gasteiger partial charge in [0.2, 0.25) is 0 Å². The predicted molar refractivity (Wildman–Crippen MR) is 88.8 cm³/mol. The summed E-state index contributed by atoms with van der Waals surface area (Å²) in [5.74, 6) is -0.336. The minimum Gasteiger partial charge on any atom is -0.289 e. The van der Waals surface area contributed by atoms with Gasteiger partial charge in [-0.25, -0.2) is 0 Å². The lowest BCUT2D eigenvalue weighted by molar-refractivity contribution is -0.137. The fraction of sp³-hybridized carbons (Fsp3) is 0.0500. The van der Waals surface area contributed by atoms with E-state index in [1.807, 2.05) is 42.5 Å². The molecule has 0 aliphatic carbocycles. The molecule has 0 amide bonds. The van der Waals surface area contributed by atoms with Gasteiger partial charge in [0.05, 0.1) is 5.56 Å². The van der Waals surface area contributed by atoms with E-state index in [0.29, 0.717) is 0 Å². The Morgan fingerprint density at radius 1 is 0.833 bits per heavy atom. The van der Waals surface area contributed by atoms with Crippen LogP contribution in [-0.4, -0.2) is 5.78 Å². The Kier molecular flexibility index (Phi) is 4.21. The molecule has 3 aromatic rings. The molecule has 4 heteroatoms. The van der Waals surface area contributed by atoms with Crippen LogP contribution in [0.1, 0.15) is 21.5 Å². The highest BCUT2D eigenvalue weighted by molar-refractivity contribution is 6.07. The van der Waals surface area contributed by atoms with Crippen LogP contribution < -0.4 is 0 Å². The zero-order valence-corrected chi connectivity index (χ0v) is 12.5. The maximum Gasteiger partial charge on any atom is 0.416 e. The third-order valence-electron chi connectivity index (χ3n) is 3.70. The van der Waals surface area contributed by atoms with Crippen molar-refractivity contribution in [3.63, 3.8) is 0 Å². The molecule has 0 aromatic heterocycles. The van der Waals surface area contributed by atoms with E-state index < -0.39 is 11.7 Å². The number of rotatable bonds is 3. The van der Waals surface area contributed by atoms with Crippen LogP contribution in [0.4, 0.5) is 13.2 Å². The Labute approximate surface area is 137 Å². The number of carbonyl (C=O) groups excluding carboxylic acids is 1. The summed E-state index contributed by atoms with van der Waals surface area (Å²) in [6.45, 7) is 0. The van der Waals surface area contributed by atoms with Gasteiger partial charge >= 0.3 is 6.18 Å². The summed E-state index contributed by atoms with van der Waals surface area (Å²) in [7, 11) is 0. The highest BCUT2D eigenvalue weighted by Gasteiger charge is 2.30. The molecule has 3 rings (SSSR count). The second-order valence-electron chi connectivity index (χ2n) is 5.38. The van der Waals surface area contributed by atoms with Crippen molar-refractivity contribution in [3.05, 3.63) is 89.5 Å². The molecule has 0 unspecified atom stereocenters. The molecule has 0 bridgehead atoms. The molecule has 0 fully saturated rings. The first kappa shape index (κ1) is 16.0. The second kappa shape index (κ2) is 6.32. The van der Waals surface area contributed by atoms with E-state index in [9.17, 15) is 18.0 Å². The number of alkyl halides is 3. The van der Waals surface area contributed by atoms with E-state index in [1.165, 1.54) is 18.2 Å². The molecule has 0 aliphatic rings. The molecule has 0 heterocycles. The molecule has 0 aliphatic heterocycles. The van der Waals surface area contributed by atoms with E-state index in [0.717, 1.165) is 28.5 Å². The van der Waals surface area contributed by atoms with Crippen molar-refractivity contribution in [3.8, 4) is 0 Å². The van der Waals surface area contributed by atoms with Gasteiger partial charge in [0.1, 0.15) is 0 Å². The Morgan fingerprint density at radius 3 is 2.17 bits per heavy atom. The third-order valence-corrected chi connectivity index (χ3v) is 3.70. The minimum absolute atomic E-state index is 0.222. The SMILES string of the molecule is O=C(/C=C/c1ccc2ccccc2c1)c1ccc(C(F)(F)F)cc1. The van der Waals surface area contributed by atoms with Crippen molar-refractivity contribution < 1.29 is 18.0 Å². The Morgan fingerprint density at radius 2 is 1.50 bits per heavy atom. The predicted octanol–water partition coefficient (Wildman–Crippen LogP) is 5.75. The number of halogens is 3. The van der Waals surface area contributed by atoms with Gasteiger partial charge in [-0.3, -0.25) is 4.79 Å². The standard InChI is InChI=1S/C20H13F3O/c21-20(22,23)18-10-8-16(9-11-18)19(24)12-6-14-5-7-15-3-1-2-4-17(15)13-14/h1-13H/b12-6+. The number of carbonyl (C=O) groups is 1. The lowest BCUT2D eigenvalue weighted by atomic mass is 10.0. The summed E-state index contributed by atoms with van der Waals surface area (Å²) in [6, 6.07) is 17.9. The molecule has 0 saturated carbocycles. The quantitative estimate of drug-likeness (QED) is 0.442. The number of allylic oxidation sites excluding steroid dienone is 1. The van der Waals surface area contributed by atoms with Crippen LogP contribution in [0.25, 0.3) is 16.8 Å². The van der Waals surface area contributed by atoms with Crippen molar-refractivity contribution >= 4 is 22.6 Å². The number of ketones is 1. The lowest BCUT2D eigenvalue weighted by Crippen LogP contribution is -2.05. The highest BCUT2D eigenvalue weighted by atomic mass is 19.4. The van der Waals surface area contributed by atoms with Crippen LogP contribution in [0.15, 0.2) is 72.8 Å². The summed E-state index contributed by atoms with van der Waals surface area (Å²) in [5, 5.41) is 2.16. The lowest BCUT2D eigenvalue weighted by Gasteiger charge is -2.06. The van der Waals surface area contributed by atoms with Crippen molar-refractivity contribution in [2.45, 2.75) is 6.18 Å². The zero-order valence-electron chi connectivity index (χ0n) is 12.5. The summed E-state index contributed by atoms with van der Waals surface area (Å²) in [6.07, 6.45) is -1.37. The van der Waals surface area contributed by atoms with Crippen LogP contribution in [0.5, 0.6) is 0 Å². The average molecular weight is 326 g/mol. The molecule has 0 N–H and O–H groups in total. The topological polar surface area (TPSA) is 17.1 Å². The van der Waals surface area contributed by atoms with E-state index >= 15 is 0 Å². The summed E-state index contributed by atoms with van der Waals surface area (Å²) in [4.78, 5) is 12.1. The Hall–Kier alpha value is -2.88.